The van der Waals surface area contributed by atoms with Crippen molar-refractivity contribution in [2.75, 3.05) is 14.2 Å². The van der Waals surface area contributed by atoms with Gasteiger partial charge in [-0.15, -0.1) is 0 Å². The van der Waals surface area contributed by atoms with Crippen molar-refractivity contribution in [2.45, 2.75) is 13.0 Å². The largest absolute Gasteiger partial charge is 0.493 e. The van der Waals surface area contributed by atoms with Crippen LogP contribution in [0.15, 0.2) is 66.7 Å². The van der Waals surface area contributed by atoms with Crippen molar-refractivity contribution in [3.8, 4) is 28.7 Å². The summed E-state index contributed by atoms with van der Waals surface area (Å²) in [7, 11) is 3.16. The number of ether oxygens (including phenoxy) is 2. The molecule has 0 saturated carbocycles. The van der Waals surface area contributed by atoms with Crippen molar-refractivity contribution in [1.82, 2.24) is 5.32 Å². The van der Waals surface area contributed by atoms with Gasteiger partial charge in [0, 0.05) is 11.1 Å². The minimum absolute atomic E-state index is 0.212. The average molecular weight is 386 g/mol. The lowest BCUT2D eigenvalue weighted by molar-refractivity contribution is 0.0940. The van der Waals surface area contributed by atoms with Crippen LogP contribution in [0.25, 0.3) is 11.1 Å². The summed E-state index contributed by atoms with van der Waals surface area (Å²) in [5, 5.41) is 12.5. The third-order valence-corrected chi connectivity index (χ3v) is 4.76. The predicted octanol–water partition coefficient (Wildman–Crippen LogP) is 4.73. The topological polar surface area (TPSA) is 71.3 Å². The zero-order valence-corrected chi connectivity index (χ0v) is 16.6. The van der Waals surface area contributed by atoms with E-state index in [2.05, 4.69) is 11.4 Å². The Bertz CT molecular complexity index is 1070. The number of hydrogen-bond acceptors (Lipinski definition) is 4. The summed E-state index contributed by atoms with van der Waals surface area (Å²) in [4.78, 5) is 13.0. The van der Waals surface area contributed by atoms with E-state index in [1.807, 2.05) is 61.5 Å². The lowest BCUT2D eigenvalue weighted by Gasteiger charge is -2.18. The molecule has 1 N–H and O–H groups in total. The second-order valence-corrected chi connectivity index (χ2v) is 6.51. The molecule has 5 nitrogen and oxygen atoms in total. The Labute approximate surface area is 170 Å². The SMILES string of the molecule is COc1ccc(C(C)NC(=O)c2ccccc2-c2ccccc2C#N)cc1OC. The van der Waals surface area contributed by atoms with Crippen molar-refractivity contribution in [3.05, 3.63) is 83.4 Å². The van der Waals surface area contributed by atoms with Gasteiger partial charge in [0.15, 0.2) is 11.5 Å². The molecule has 0 aliphatic rings. The van der Waals surface area contributed by atoms with Crippen molar-refractivity contribution < 1.29 is 14.3 Å². The normalized spacial score (nSPS) is 11.2. The van der Waals surface area contributed by atoms with E-state index in [1.54, 1.807) is 26.4 Å². The summed E-state index contributed by atoms with van der Waals surface area (Å²) in [5.74, 6) is 1.03. The van der Waals surface area contributed by atoms with Gasteiger partial charge in [-0.25, -0.2) is 0 Å². The Morgan fingerprint density at radius 1 is 0.931 bits per heavy atom. The minimum atomic E-state index is -0.249. The molecular formula is C24H22N2O3. The fourth-order valence-electron chi connectivity index (χ4n) is 3.21. The van der Waals surface area contributed by atoms with Gasteiger partial charge < -0.3 is 14.8 Å². The number of amides is 1. The summed E-state index contributed by atoms with van der Waals surface area (Å²) in [6, 6.07) is 22.1. The summed E-state index contributed by atoms with van der Waals surface area (Å²) in [5.41, 5.74) is 3.40. The molecule has 1 atom stereocenters. The molecule has 0 saturated heterocycles. The van der Waals surface area contributed by atoms with Crippen LogP contribution in [0, 0.1) is 11.3 Å². The van der Waals surface area contributed by atoms with Gasteiger partial charge in [-0.05, 0) is 42.3 Å². The number of nitrogens with one attached hydrogen (secondary N) is 1. The first-order valence-electron chi connectivity index (χ1n) is 9.20. The maximum absolute atomic E-state index is 13.0. The standard InChI is InChI=1S/C24H22N2O3/c1-16(17-12-13-22(28-2)23(14-17)29-3)26-24(27)21-11-7-6-10-20(21)19-9-5-4-8-18(19)15-25/h4-14,16H,1-3H3,(H,26,27). The Kier molecular flexibility index (Phi) is 6.16. The molecule has 5 heteroatoms. The number of hydrogen-bond donors (Lipinski definition) is 1. The van der Waals surface area contributed by atoms with E-state index in [4.69, 9.17) is 9.47 Å². The Morgan fingerprint density at radius 3 is 2.28 bits per heavy atom. The Balaban J connectivity index is 1.90. The van der Waals surface area contributed by atoms with Crippen LogP contribution in [0.1, 0.15) is 34.5 Å². The van der Waals surface area contributed by atoms with Gasteiger partial charge in [0.2, 0.25) is 0 Å². The molecule has 0 radical (unpaired) electrons. The number of carbonyl (C=O) groups excluding carboxylic acids is 1. The van der Waals surface area contributed by atoms with Crippen LogP contribution >= 0.6 is 0 Å². The van der Waals surface area contributed by atoms with Gasteiger partial charge in [0.25, 0.3) is 5.91 Å². The second-order valence-electron chi connectivity index (χ2n) is 6.51. The maximum Gasteiger partial charge on any atom is 0.252 e. The van der Waals surface area contributed by atoms with Gasteiger partial charge in [-0.1, -0.05) is 42.5 Å². The molecule has 0 bridgehead atoms. The summed E-state index contributed by atoms with van der Waals surface area (Å²) in [6.07, 6.45) is 0. The van der Waals surface area contributed by atoms with Crippen molar-refractivity contribution >= 4 is 5.91 Å². The van der Waals surface area contributed by atoms with Gasteiger partial charge in [0.05, 0.1) is 31.9 Å². The maximum atomic E-state index is 13.0. The minimum Gasteiger partial charge on any atom is -0.493 e. The molecular weight excluding hydrogens is 364 g/mol. The first kappa shape index (κ1) is 20.0. The lowest BCUT2D eigenvalue weighted by Crippen LogP contribution is -2.27. The number of benzene rings is 3. The predicted molar refractivity (Wildman–Crippen MR) is 112 cm³/mol. The number of carbonyl (C=O) groups is 1. The quantitative estimate of drug-likeness (QED) is 0.665. The highest BCUT2D eigenvalue weighted by molar-refractivity contribution is 6.01. The molecule has 3 aromatic rings. The van der Waals surface area contributed by atoms with Crippen LogP contribution in [-0.4, -0.2) is 20.1 Å². The highest BCUT2D eigenvalue weighted by atomic mass is 16.5. The zero-order chi connectivity index (χ0) is 20.8. The monoisotopic (exact) mass is 386 g/mol. The van der Waals surface area contributed by atoms with Crippen LogP contribution in [-0.2, 0) is 0 Å². The lowest BCUT2D eigenvalue weighted by atomic mass is 9.95. The van der Waals surface area contributed by atoms with Crippen LogP contribution in [0.2, 0.25) is 0 Å². The molecule has 3 aromatic carbocycles. The van der Waals surface area contributed by atoms with Crippen molar-refractivity contribution in [1.29, 1.82) is 5.26 Å². The fourth-order valence-corrected chi connectivity index (χ4v) is 3.21. The zero-order valence-electron chi connectivity index (χ0n) is 16.6. The van der Waals surface area contributed by atoms with E-state index >= 15 is 0 Å². The second kappa shape index (κ2) is 8.94. The van der Waals surface area contributed by atoms with Gasteiger partial charge in [-0.2, -0.15) is 5.26 Å². The van der Waals surface area contributed by atoms with E-state index in [0.717, 1.165) is 16.7 Å². The third kappa shape index (κ3) is 4.22. The van der Waals surface area contributed by atoms with Crippen molar-refractivity contribution in [3.63, 3.8) is 0 Å². The van der Waals surface area contributed by atoms with Crippen LogP contribution in [0.4, 0.5) is 0 Å². The van der Waals surface area contributed by atoms with E-state index in [9.17, 15) is 10.1 Å². The number of nitriles is 1. The fraction of sp³-hybridized carbons (Fsp3) is 0.167. The number of rotatable bonds is 6. The van der Waals surface area contributed by atoms with Gasteiger partial charge >= 0.3 is 0 Å². The molecule has 0 aliphatic heterocycles. The Morgan fingerprint density at radius 2 is 1.59 bits per heavy atom. The molecule has 146 valence electrons. The smallest absolute Gasteiger partial charge is 0.252 e. The number of methoxy groups -OCH3 is 2. The first-order chi connectivity index (χ1) is 14.1. The van der Waals surface area contributed by atoms with Crippen LogP contribution in [0.3, 0.4) is 0 Å². The molecule has 0 spiro atoms. The van der Waals surface area contributed by atoms with Gasteiger partial charge in [-0.3, -0.25) is 4.79 Å². The number of nitrogens with zero attached hydrogens (tertiary/aromatic N) is 1. The molecule has 0 aromatic heterocycles. The molecule has 1 unspecified atom stereocenters. The van der Waals surface area contributed by atoms with E-state index < -0.39 is 0 Å². The molecule has 1 amide bonds. The average Bonchev–Trinajstić information content (AvgIpc) is 2.78. The summed E-state index contributed by atoms with van der Waals surface area (Å²) < 4.78 is 10.6. The van der Waals surface area contributed by atoms with E-state index in [1.165, 1.54) is 0 Å². The highest BCUT2D eigenvalue weighted by Gasteiger charge is 2.18. The molecule has 0 fully saturated rings. The van der Waals surface area contributed by atoms with Crippen LogP contribution < -0.4 is 14.8 Å². The molecule has 0 heterocycles. The summed E-state index contributed by atoms with van der Waals surface area (Å²) in [6.45, 7) is 1.91. The van der Waals surface area contributed by atoms with Crippen LogP contribution in [0.5, 0.6) is 11.5 Å². The molecule has 29 heavy (non-hydrogen) atoms. The van der Waals surface area contributed by atoms with E-state index in [0.29, 0.717) is 22.6 Å². The highest BCUT2D eigenvalue weighted by Crippen LogP contribution is 2.31. The Hall–Kier alpha value is -3.78. The van der Waals surface area contributed by atoms with Gasteiger partial charge in [0.1, 0.15) is 0 Å². The first-order valence-corrected chi connectivity index (χ1v) is 9.20. The molecule has 3 rings (SSSR count). The van der Waals surface area contributed by atoms with E-state index in [-0.39, 0.29) is 11.9 Å². The summed E-state index contributed by atoms with van der Waals surface area (Å²) >= 11 is 0. The molecule has 0 aliphatic carbocycles. The third-order valence-electron chi connectivity index (χ3n) is 4.76. The van der Waals surface area contributed by atoms with Crippen molar-refractivity contribution in [2.24, 2.45) is 0 Å².